The van der Waals surface area contributed by atoms with Crippen LogP contribution in [0.5, 0.6) is 0 Å². The highest BCUT2D eigenvalue weighted by Crippen LogP contribution is 2.56. The third kappa shape index (κ3) is 3.87. The molecule has 0 N–H and O–H groups in total. The molecule has 0 fully saturated rings. The Morgan fingerprint density at radius 2 is 0.923 bits per heavy atom. The Labute approximate surface area is 230 Å². The van der Waals surface area contributed by atoms with Crippen LogP contribution in [0.25, 0.3) is 0 Å². The number of nitrogens with zero attached hydrogens (tertiary/aromatic N) is 3. The van der Waals surface area contributed by atoms with Gasteiger partial charge in [-0.2, -0.15) is 0 Å². The summed E-state index contributed by atoms with van der Waals surface area (Å²) in [6, 6.07) is 28.0. The Kier molecular flexibility index (Phi) is 6.05. The zero-order chi connectivity index (χ0) is 27.5. The zero-order valence-corrected chi connectivity index (χ0v) is 23.5. The van der Waals surface area contributed by atoms with E-state index in [4.69, 9.17) is 0 Å². The quantitative estimate of drug-likeness (QED) is 0.312. The van der Waals surface area contributed by atoms with Crippen LogP contribution in [-0.4, -0.2) is 28.3 Å². The summed E-state index contributed by atoms with van der Waals surface area (Å²) < 4.78 is 60.2. The van der Waals surface area contributed by atoms with Crippen molar-refractivity contribution in [1.82, 2.24) is 4.90 Å². The second kappa shape index (κ2) is 9.22. The highest BCUT2D eigenvalue weighted by molar-refractivity contribution is 7.93. The molecule has 0 saturated carbocycles. The number of hydrogen-bond acceptors (Lipinski definition) is 5. The summed E-state index contributed by atoms with van der Waals surface area (Å²) >= 11 is 0. The lowest BCUT2D eigenvalue weighted by Gasteiger charge is -2.55. The first kappa shape index (κ1) is 25.6. The smallest absolute Gasteiger partial charge is 0.254 e. The number of aryl methyl sites for hydroxylation is 2. The molecule has 9 heteroatoms. The van der Waals surface area contributed by atoms with Gasteiger partial charge in [0, 0.05) is 11.1 Å². The predicted octanol–water partition coefficient (Wildman–Crippen LogP) is 5.74. The molecule has 2 atom stereocenters. The average Bonchev–Trinajstić information content (AvgIpc) is 2.93. The Morgan fingerprint density at radius 1 is 0.564 bits per heavy atom. The number of anilines is 2. The largest absolute Gasteiger partial charge is 0.265 e. The molecule has 0 saturated heterocycles. The topological polar surface area (TPSA) is 78.0 Å². The summed E-state index contributed by atoms with van der Waals surface area (Å²) in [6.45, 7) is 6.17. The minimum Gasteiger partial charge on any atom is -0.254 e. The maximum Gasteiger partial charge on any atom is 0.265 e. The molecule has 0 radical (unpaired) electrons. The summed E-state index contributed by atoms with van der Waals surface area (Å²) in [4.78, 5) is 2.32. The fraction of sp³-hybridized carbons (Fsp3) is 0.200. The van der Waals surface area contributed by atoms with Gasteiger partial charge in [0.15, 0.2) is 0 Å². The maximum absolute atomic E-state index is 14.3. The van der Waals surface area contributed by atoms with E-state index >= 15 is 0 Å². The van der Waals surface area contributed by atoms with Crippen molar-refractivity contribution in [3.8, 4) is 0 Å². The van der Waals surface area contributed by atoms with Crippen molar-refractivity contribution in [3.63, 3.8) is 0 Å². The molecule has 4 aromatic rings. The summed E-state index contributed by atoms with van der Waals surface area (Å²) in [5.74, 6) is 0. The van der Waals surface area contributed by atoms with Gasteiger partial charge in [0.05, 0.1) is 21.2 Å². The van der Waals surface area contributed by atoms with E-state index < -0.39 is 32.4 Å². The summed E-state index contributed by atoms with van der Waals surface area (Å²) in [7, 11) is -8.03. The summed E-state index contributed by atoms with van der Waals surface area (Å²) in [5.41, 5.74) is 4.08. The normalized spacial score (nSPS) is 18.9. The van der Waals surface area contributed by atoms with E-state index in [1.54, 1.807) is 72.8 Å². The van der Waals surface area contributed by atoms with Gasteiger partial charge in [-0.15, -0.1) is 0 Å². The molecule has 39 heavy (non-hydrogen) atoms. The summed E-state index contributed by atoms with van der Waals surface area (Å²) in [5, 5.41) is 0. The number of hydrogen-bond donors (Lipinski definition) is 0. The molecule has 6 rings (SSSR count). The van der Waals surface area contributed by atoms with Crippen molar-refractivity contribution in [3.05, 3.63) is 119 Å². The molecule has 0 spiro atoms. The van der Waals surface area contributed by atoms with Crippen LogP contribution in [0.1, 0.15) is 41.5 Å². The molecule has 2 aliphatic rings. The third-order valence-electron chi connectivity index (χ3n) is 7.50. The molecule has 7 nitrogen and oxygen atoms in total. The Morgan fingerprint density at radius 3 is 1.28 bits per heavy atom. The number of para-hydroxylation sites is 2. The van der Waals surface area contributed by atoms with Gasteiger partial charge in [0.1, 0.15) is 12.3 Å². The van der Waals surface area contributed by atoms with Gasteiger partial charge >= 0.3 is 0 Å². The minimum absolute atomic E-state index is 0.185. The lowest BCUT2D eigenvalue weighted by atomic mass is 9.96. The second-order valence-electron chi connectivity index (χ2n) is 9.92. The van der Waals surface area contributed by atoms with Crippen molar-refractivity contribution in [1.29, 1.82) is 0 Å². The van der Waals surface area contributed by atoms with Crippen LogP contribution in [-0.2, 0) is 20.0 Å². The van der Waals surface area contributed by atoms with Crippen molar-refractivity contribution in [2.45, 2.75) is 42.9 Å². The van der Waals surface area contributed by atoms with Gasteiger partial charge in [-0.1, -0.05) is 78.7 Å². The van der Waals surface area contributed by atoms with E-state index in [2.05, 4.69) is 0 Å². The summed E-state index contributed by atoms with van der Waals surface area (Å²) in [6.07, 6.45) is -1.47. The zero-order valence-electron chi connectivity index (χ0n) is 21.9. The van der Waals surface area contributed by atoms with E-state index in [1.807, 2.05) is 49.9 Å². The first-order valence-electron chi connectivity index (χ1n) is 12.8. The first-order chi connectivity index (χ1) is 18.7. The van der Waals surface area contributed by atoms with E-state index in [1.165, 1.54) is 8.61 Å². The van der Waals surface area contributed by atoms with E-state index in [0.717, 1.165) is 11.1 Å². The highest BCUT2D eigenvalue weighted by atomic mass is 32.2. The molecule has 0 aromatic heterocycles. The van der Waals surface area contributed by atoms with Crippen LogP contribution in [0.4, 0.5) is 11.4 Å². The third-order valence-corrected chi connectivity index (χ3v) is 11.1. The molecule has 4 aromatic carbocycles. The predicted molar refractivity (Wildman–Crippen MR) is 152 cm³/mol. The van der Waals surface area contributed by atoms with E-state index in [0.29, 0.717) is 29.0 Å². The molecular weight excluding hydrogens is 530 g/mol. The van der Waals surface area contributed by atoms with E-state index in [-0.39, 0.29) is 9.79 Å². The molecule has 2 aliphatic heterocycles. The molecular formula is C30H29N3O4S2. The molecule has 0 unspecified atom stereocenters. The molecule has 2 heterocycles. The van der Waals surface area contributed by atoms with Gasteiger partial charge < -0.3 is 0 Å². The van der Waals surface area contributed by atoms with Gasteiger partial charge in [-0.05, 0) is 56.8 Å². The Bertz CT molecular complexity index is 1640. The SMILES string of the molecule is CCN1[C@H]2c3ccccc3N(S(=O)(=O)c3ccc(C)cc3)[C@@H]1c1ccccc1N2S(=O)(=O)c1ccc(C)cc1. The van der Waals surface area contributed by atoms with Crippen molar-refractivity contribution < 1.29 is 16.8 Å². The van der Waals surface area contributed by atoms with E-state index in [9.17, 15) is 16.8 Å². The van der Waals surface area contributed by atoms with Gasteiger partial charge in [-0.25, -0.2) is 25.4 Å². The lowest BCUT2D eigenvalue weighted by molar-refractivity contribution is 0.131. The van der Waals surface area contributed by atoms with Gasteiger partial charge in [-0.3, -0.25) is 4.90 Å². The van der Waals surface area contributed by atoms with Crippen molar-refractivity contribution >= 4 is 31.4 Å². The monoisotopic (exact) mass is 559 g/mol. The van der Waals surface area contributed by atoms with Gasteiger partial charge in [0.2, 0.25) is 0 Å². The van der Waals surface area contributed by atoms with Crippen LogP contribution in [0.2, 0.25) is 0 Å². The number of benzene rings is 4. The van der Waals surface area contributed by atoms with Crippen LogP contribution in [0, 0.1) is 13.8 Å². The average molecular weight is 560 g/mol. The number of fused-ring (bicyclic) bond motifs is 6. The van der Waals surface area contributed by atoms with Gasteiger partial charge in [0.25, 0.3) is 20.0 Å². The molecule has 2 bridgehead atoms. The second-order valence-corrected chi connectivity index (χ2v) is 13.6. The molecule has 0 aliphatic carbocycles. The van der Waals surface area contributed by atoms with Crippen molar-refractivity contribution in [2.75, 3.05) is 15.2 Å². The first-order valence-corrected chi connectivity index (χ1v) is 15.7. The number of rotatable bonds is 5. The highest BCUT2D eigenvalue weighted by Gasteiger charge is 2.53. The van der Waals surface area contributed by atoms with Crippen LogP contribution in [0.15, 0.2) is 107 Å². The minimum atomic E-state index is -4.01. The fourth-order valence-electron chi connectivity index (χ4n) is 5.61. The van der Waals surface area contributed by atoms with Crippen molar-refractivity contribution in [2.24, 2.45) is 0 Å². The molecule has 200 valence electrons. The fourth-order valence-corrected chi connectivity index (χ4v) is 8.86. The number of sulfonamides is 2. The standard InChI is InChI=1S/C30H29N3O4S2/c1-4-31-29-26-10-6-8-12-28(26)33(39(36,37)24-19-15-22(3)16-20-24)30(31)25-9-5-7-11-27(25)32(29)38(34,35)23-17-13-21(2)14-18-23/h5-20,29-30H,4H2,1-3H3/t29-,30-/m1/s1. The van der Waals surface area contributed by atoms with Crippen LogP contribution in [0.3, 0.4) is 0 Å². The lowest BCUT2D eigenvalue weighted by Crippen LogP contribution is -2.58. The molecule has 0 amide bonds. The maximum atomic E-state index is 14.3. The van der Waals surface area contributed by atoms with Crippen LogP contribution >= 0.6 is 0 Å². The Balaban J connectivity index is 1.64. The Hall–Kier alpha value is -3.66. The van der Waals surface area contributed by atoms with Crippen LogP contribution < -0.4 is 8.61 Å².